The molecule has 0 unspecified atom stereocenters. The van der Waals surface area contributed by atoms with Crippen molar-refractivity contribution < 1.29 is 19.1 Å². The molecule has 0 aliphatic carbocycles. The van der Waals surface area contributed by atoms with Crippen LogP contribution < -0.4 is 10.2 Å². The molecule has 1 saturated heterocycles. The fraction of sp³-hybridized carbons (Fsp3) is 0.348. The van der Waals surface area contributed by atoms with Gasteiger partial charge in [-0.05, 0) is 57.4 Å². The molecule has 1 aliphatic heterocycles. The van der Waals surface area contributed by atoms with Crippen LogP contribution in [0.1, 0.15) is 46.8 Å². The van der Waals surface area contributed by atoms with Crippen LogP contribution in [0.25, 0.3) is 0 Å². The van der Waals surface area contributed by atoms with Gasteiger partial charge in [-0.1, -0.05) is 29.8 Å². The third-order valence-electron chi connectivity index (χ3n) is 5.07. The number of amides is 2. The minimum Gasteiger partial charge on any atom is -0.449 e. The van der Waals surface area contributed by atoms with E-state index in [0.29, 0.717) is 18.7 Å². The number of ether oxygens (including phenoxy) is 1. The number of aryl methyl sites for hydroxylation is 3. The Labute approximate surface area is 170 Å². The molecular weight excluding hydrogens is 368 g/mol. The van der Waals surface area contributed by atoms with E-state index in [2.05, 4.69) is 5.32 Å². The molecule has 0 radical (unpaired) electrons. The number of hydrogen-bond acceptors (Lipinski definition) is 4. The Morgan fingerprint density at radius 3 is 2.38 bits per heavy atom. The standard InChI is InChI=1S/C23H26N2O4/c1-14-12-15(2)21(16(3)13-14)24-22(27)17(4)29-23(28)18-8-5-6-9-19(18)25-11-7-10-20(25)26/h5-6,8-9,12-13,17H,7,10-11H2,1-4H3,(H,24,27)/t17-/m0/s1. The molecule has 0 bridgehead atoms. The molecule has 29 heavy (non-hydrogen) atoms. The van der Waals surface area contributed by atoms with Gasteiger partial charge < -0.3 is 15.0 Å². The zero-order chi connectivity index (χ0) is 21.1. The topological polar surface area (TPSA) is 75.7 Å². The van der Waals surface area contributed by atoms with Crippen molar-refractivity contribution in [3.63, 3.8) is 0 Å². The van der Waals surface area contributed by atoms with Crippen molar-refractivity contribution in [3.05, 3.63) is 58.7 Å². The minimum atomic E-state index is -0.982. The third-order valence-corrected chi connectivity index (χ3v) is 5.07. The van der Waals surface area contributed by atoms with Crippen LogP contribution in [0.3, 0.4) is 0 Å². The quantitative estimate of drug-likeness (QED) is 0.780. The van der Waals surface area contributed by atoms with Gasteiger partial charge in [-0.25, -0.2) is 4.79 Å². The molecule has 1 atom stereocenters. The molecule has 6 heteroatoms. The number of benzene rings is 2. The van der Waals surface area contributed by atoms with Gasteiger partial charge in [0.05, 0.1) is 11.3 Å². The molecule has 6 nitrogen and oxygen atoms in total. The highest BCUT2D eigenvalue weighted by molar-refractivity contribution is 6.04. The number of nitrogens with zero attached hydrogens (tertiary/aromatic N) is 1. The Balaban J connectivity index is 1.73. The van der Waals surface area contributed by atoms with E-state index in [-0.39, 0.29) is 11.5 Å². The van der Waals surface area contributed by atoms with E-state index in [0.717, 1.165) is 28.8 Å². The van der Waals surface area contributed by atoms with Crippen LogP contribution in [0, 0.1) is 20.8 Å². The lowest BCUT2D eigenvalue weighted by Gasteiger charge is -2.20. The third kappa shape index (κ3) is 4.47. The summed E-state index contributed by atoms with van der Waals surface area (Å²) in [6.07, 6.45) is 0.248. The zero-order valence-electron chi connectivity index (χ0n) is 17.2. The second-order valence-corrected chi connectivity index (χ2v) is 7.48. The molecule has 152 valence electrons. The van der Waals surface area contributed by atoms with Gasteiger partial charge in [0, 0.05) is 18.7 Å². The number of esters is 1. The van der Waals surface area contributed by atoms with Gasteiger partial charge >= 0.3 is 5.97 Å². The van der Waals surface area contributed by atoms with Gasteiger partial charge in [-0.3, -0.25) is 9.59 Å². The average Bonchev–Trinajstić information content (AvgIpc) is 3.10. The summed E-state index contributed by atoms with van der Waals surface area (Å²) in [6, 6.07) is 10.8. The summed E-state index contributed by atoms with van der Waals surface area (Å²) in [6.45, 7) is 7.96. The summed E-state index contributed by atoms with van der Waals surface area (Å²) >= 11 is 0. The predicted octanol–water partition coefficient (Wildman–Crippen LogP) is 3.92. The highest BCUT2D eigenvalue weighted by Gasteiger charge is 2.28. The van der Waals surface area contributed by atoms with Crippen LogP contribution in [0.15, 0.2) is 36.4 Å². The largest absolute Gasteiger partial charge is 0.449 e. The highest BCUT2D eigenvalue weighted by Crippen LogP contribution is 2.27. The maximum Gasteiger partial charge on any atom is 0.341 e. The lowest BCUT2D eigenvalue weighted by atomic mass is 10.0. The summed E-state index contributed by atoms with van der Waals surface area (Å²) in [5.41, 5.74) is 4.56. The van der Waals surface area contributed by atoms with Crippen molar-refractivity contribution in [2.45, 2.75) is 46.6 Å². The lowest BCUT2D eigenvalue weighted by Crippen LogP contribution is -2.31. The Hall–Kier alpha value is -3.15. The van der Waals surface area contributed by atoms with Crippen molar-refractivity contribution in [2.24, 2.45) is 0 Å². The van der Waals surface area contributed by atoms with Crippen molar-refractivity contribution in [1.29, 1.82) is 0 Å². The molecule has 0 saturated carbocycles. The molecule has 2 amide bonds. The van der Waals surface area contributed by atoms with Gasteiger partial charge in [0.1, 0.15) is 0 Å². The smallest absolute Gasteiger partial charge is 0.341 e. The monoisotopic (exact) mass is 394 g/mol. The maximum atomic E-state index is 12.7. The summed E-state index contributed by atoms with van der Waals surface area (Å²) in [7, 11) is 0. The molecule has 1 heterocycles. The molecule has 1 N–H and O–H groups in total. The summed E-state index contributed by atoms with van der Waals surface area (Å²) in [5, 5.41) is 2.86. The fourth-order valence-corrected chi connectivity index (χ4v) is 3.66. The van der Waals surface area contributed by atoms with Crippen LogP contribution in [0.5, 0.6) is 0 Å². The molecule has 3 rings (SSSR count). The van der Waals surface area contributed by atoms with E-state index >= 15 is 0 Å². The molecule has 0 aromatic heterocycles. The van der Waals surface area contributed by atoms with Crippen LogP contribution in [-0.2, 0) is 14.3 Å². The second kappa shape index (κ2) is 8.47. The van der Waals surface area contributed by atoms with E-state index in [1.165, 1.54) is 6.92 Å². The Morgan fingerprint density at radius 1 is 1.10 bits per heavy atom. The number of rotatable bonds is 5. The van der Waals surface area contributed by atoms with Crippen LogP contribution in [0.4, 0.5) is 11.4 Å². The minimum absolute atomic E-state index is 0.0126. The molecule has 1 aliphatic rings. The normalized spacial score (nSPS) is 14.6. The maximum absolute atomic E-state index is 12.7. The molecular formula is C23H26N2O4. The van der Waals surface area contributed by atoms with E-state index in [9.17, 15) is 14.4 Å². The van der Waals surface area contributed by atoms with Gasteiger partial charge in [0.25, 0.3) is 5.91 Å². The molecule has 0 spiro atoms. The lowest BCUT2D eigenvalue weighted by molar-refractivity contribution is -0.123. The van der Waals surface area contributed by atoms with Crippen molar-refractivity contribution in [1.82, 2.24) is 0 Å². The number of carbonyl (C=O) groups is 3. The summed E-state index contributed by atoms with van der Waals surface area (Å²) in [4.78, 5) is 39.0. The fourth-order valence-electron chi connectivity index (χ4n) is 3.66. The predicted molar refractivity (Wildman–Crippen MR) is 112 cm³/mol. The highest BCUT2D eigenvalue weighted by atomic mass is 16.5. The number of carbonyl (C=O) groups excluding carboxylic acids is 3. The van der Waals surface area contributed by atoms with E-state index in [4.69, 9.17) is 4.74 Å². The van der Waals surface area contributed by atoms with E-state index in [1.807, 2.05) is 32.9 Å². The first-order valence-corrected chi connectivity index (χ1v) is 9.77. The van der Waals surface area contributed by atoms with Gasteiger partial charge in [0.15, 0.2) is 6.10 Å². The second-order valence-electron chi connectivity index (χ2n) is 7.48. The average molecular weight is 394 g/mol. The van der Waals surface area contributed by atoms with Gasteiger partial charge in [-0.15, -0.1) is 0 Å². The molecule has 2 aromatic rings. The van der Waals surface area contributed by atoms with Crippen LogP contribution in [0.2, 0.25) is 0 Å². The SMILES string of the molecule is Cc1cc(C)c(NC(=O)[C@H](C)OC(=O)c2ccccc2N2CCCC2=O)c(C)c1. The Morgan fingerprint density at radius 2 is 1.76 bits per heavy atom. The number of para-hydroxylation sites is 1. The number of nitrogens with one attached hydrogen (secondary N) is 1. The van der Waals surface area contributed by atoms with Crippen LogP contribution >= 0.6 is 0 Å². The van der Waals surface area contributed by atoms with E-state index in [1.54, 1.807) is 29.2 Å². The van der Waals surface area contributed by atoms with Crippen molar-refractivity contribution >= 4 is 29.2 Å². The van der Waals surface area contributed by atoms with Crippen molar-refractivity contribution in [3.8, 4) is 0 Å². The first kappa shape index (κ1) is 20.6. The van der Waals surface area contributed by atoms with Crippen LogP contribution in [-0.4, -0.2) is 30.4 Å². The van der Waals surface area contributed by atoms with Gasteiger partial charge in [0.2, 0.25) is 5.91 Å². The van der Waals surface area contributed by atoms with E-state index < -0.39 is 18.0 Å². The first-order chi connectivity index (χ1) is 13.8. The Bertz CT molecular complexity index is 944. The number of anilines is 2. The zero-order valence-corrected chi connectivity index (χ0v) is 17.2. The molecule has 1 fully saturated rings. The summed E-state index contributed by atoms with van der Waals surface area (Å²) in [5.74, 6) is -1.04. The Kier molecular flexibility index (Phi) is 6.01. The summed E-state index contributed by atoms with van der Waals surface area (Å²) < 4.78 is 5.42. The number of hydrogen-bond donors (Lipinski definition) is 1. The molecule has 2 aromatic carbocycles. The van der Waals surface area contributed by atoms with Gasteiger partial charge in [-0.2, -0.15) is 0 Å². The first-order valence-electron chi connectivity index (χ1n) is 9.77. The van der Waals surface area contributed by atoms with Crippen molar-refractivity contribution in [2.75, 3.05) is 16.8 Å².